The molecule has 7 nitrogen and oxygen atoms in total. The summed E-state index contributed by atoms with van der Waals surface area (Å²) in [6.45, 7) is -0.581. The number of carbonyl (C=O) groups excluding carboxylic acids is 1. The number of hydroxylamine groups is 1. The maximum atomic E-state index is 10.9. The first-order valence-electron chi connectivity index (χ1n) is 3.69. The van der Waals surface area contributed by atoms with Crippen molar-refractivity contribution in [1.29, 1.82) is 0 Å². The number of aliphatic hydroxyl groups excluding tert-OH is 3. The molecule has 13 heavy (non-hydrogen) atoms. The van der Waals surface area contributed by atoms with Crippen LogP contribution in [-0.2, 0) is 9.53 Å². The molecule has 0 radical (unpaired) electrons. The fraction of sp³-hybridized carbons (Fsp3) is 0.833. The molecule has 1 heterocycles. The Labute approximate surface area is 73.5 Å². The minimum Gasteiger partial charge on any atom is -0.456 e. The molecule has 0 spiro atoms. The molecule has 7 heteroatoms. The van der Waals surface area contributed by atoms with Crippen LogP contribution in [0.15, 0.2) is 0 Å². The van der Waals surface area contributed by atoms with Crippen LogP contribution in [0.25, 0.3) is 0 Å². The number of aliphatic hydroxyl groups is 3. The Morgan fingerprint density at radius 1 is 1.38 bits per heavy atom. The number of nitrogens with one attached hydrogen (secondary N) is 1. The van der Waals surface area contributed by atoms with Crippen LogP contribution in [0, 0.1) is 0 Å². The molecule has 0 amide bonds. The monoisotopic (exact) mass is 193 g/mol. The Balaban J connectivity index is 2.72. The van der Waals surface area contributed by atoms with Gasteiger partial charge in [0.25, 0.3) is 0 Å². The van der Waals surface area contributed by atoms with E-state index in [1.54, 1.807) is 0 Å². The van der Waals surface area contributed by atoms with Gasteiger partial charge in [-0.05, 0) is 0 Å². The topological polar surface area (TPSA) is 119 Å². The van der Waals surface area contributed by atoms with Crippen LogP contribution in [0.3, 0.4) is 0 Å². The van der Waals surface area contributed by atoms with E-state index in [1.807, 2.05) is 0 Å². The first kappa shape index (κ1) is 10.4. The standard InChI is InChI=1S/C6H11NO6/c8-1-2-4(9)5(10)3(7-12)6(11)13-2/h2-5,7-10,12H,1H2. The van der Waals surface area contributed by atoms with Gasteiger partial charge in [0.1, 0.15) is 12.2 Å². The highest BCUT2D eigenvalue weighted by atomic mass is 16.6. The van der Waals surface area contributed by atoms with Crippen molar-refractivity contribution in [3.63, 3.8) is 0 Å². The summed E-state index contributed by atoms with van der Waals surface area (Å²) in [5, 5.41) is 35.5. The summed E-state index contributed by atoms with van der Waals surface area (Å²) in [6.07, 6.45) is -4.05. The zero-order valence-electron chi connectivity index (χ0n) is 6.62. The predicted molar refractivity (Wildman–Crippen MR) is 37.7 cm³/mol. The number of esters is 1. The number of cyclic esters (lactones) is 1. The van der Waals surface area contributed by atoms with Gasteiger partial charge in [-0.15, -0.1) is 0 Å². The summed E-state index contributed by atoms with van der Waals surface area (Å²) in [5.74, 6) is -0.917. The lowest BCUT2D eigenvalue weighted by atomic mass is 9.98. The van der Waals surface area contributed by atoms with Crippen molar-refractivity contribution in [2.75, 3.05) is 6.61 Å². The van der Waals surface area contributed by atoms with E-state index in [0.29, 0.717) is 0 Å². The minimum atomic E-state index is -1.50. The lowest BCUT2D eigenvalue weighted by molar-refractivity contribution is -0.195. The molecule has 1 aliphatic rings. The Morgan fingerprint density at radius 2 is 2.00 bits per heavy atom. The van der Waals surface area contributed by atoms with E-state index in [1.165, 1.54) is 5.48 Å². The molecule has 0 bridgehead atoms. The van der Waals surface area contributed by atoms with Gasteiger partial charge < -0.3 is 25.3 Å². The normalized spacial score (nSPS) is 40.2. The quantitative estimate of drug-likeness (QED) is 0.234. The average molecular weight is 193 g/mol. The SMILES string of the molecule is O=C1OC(CO)C(O)C(O)C1NO. The molecule has 0 saturated carbocycles. The van der Waals surface area contributed by atoms with Crippen molar-refractivity contribution in [2.24, 2.45) is 0 Å². The first-order chi connectivity index (χ1) is 6.11. The molecule has 0 aromatic heterocycles. The van der Waals surface area contributed by atoms with Crippen LogP contribution in [0.2, 0.25) is 0 Å². The Hall–Kier alpha value is -0.730. The Kier molecular flexibility index (Phi) is 3.17. The largest absolute Gasteiger partial charge is 0.456 e. The van der Waals surface area contributed by atoms with Crippen molar-refractivity contribution in [3.05, 3.63) is 0 Å². The molecule has 0 aliphatic carbocycles. The van der Waals surface area contributed by atoms with E-state index in [2.05, 4.69) is 4.74 Å². The highest BCUT2D eigenvalue weighted by Crippen LogP contribution is 2.15. The fourth-order valence-electron chi connectivity index (χ4n) is 1.12. The summed E-state index contributed by atoms with van der Waals surface area (Å²) in [4.78, 5) is 10.9. The number of rotatable bonds is 2. The number of carbonyl (C=O) groups is 1. The van der Waals surface area contributed by atoms with Crippen molar-refractivity contribution >= 4 is 5.97 Å². The molecule has 4 atom stereocenters. The molecular formula is C6H11NO6. The van der Waals surface area contributed by atoms with Gasteiger partial charge >= 0.3 is 5.97 Å². The third kappa shape index (κ3) is 1.79. The average Bonchev–Trinajstić information content (AvgIpc) is 2.12. The molecule has 1 aliphatic heterocycles. The third-order valence-corrected chi connectivity index (χ3v) is 1.91. The summed E-state index contributed by atoms with van der Waals surface area (Å²) in [7, 11) is 0. The maximum Gasteiger partial charge on any atom is 0.328 e. The zero-order valence-corrected chi connectivity index (χ0v) is 6.62. The molecule has 1 rings (SSSR count). The first-order valence-corrected chi connectivity index (χ1v) is 3.69. The third-order valence-electron chi connectivity index (χ3n) is 1.91. The van der Waals surface area contributed by atoms with E-state index in [9.17, 15) is 15.0 Å². The van der Waals surface area contributed by atoms with Crippen LogP contribution in [0.5, 0.6) is 0 Å². The summed E-state index contributed by atoms with van der Waals surface area (Å²) < 4.78 is 4.50. The molecule has 5 N–H and O–H groups in total. The van der Waals surface area contributed by atoms with Crippen LogP contribution in [0.1, 0.15) is 0 Å². The molecule has 1 saturated heterocycles. The zero-order chi connectivity index (χ0) is 10.0. The second-order valence-corrected chi connectivity index (χ2v) is 2.75. The second kappa shape index (κ2) is 3.99. The molecular weight excluding hydrogens is 182 g/mol. The van der Waals surface area contributed by atoms with Gasteiger partial charge in [0.2, 0.25) is 0 Å². The van der Waals surface area contributed by atoms with E-state index in [-0.39, 0.29) is 0 Å². The summed E-state index contributed by atoms with van der Waals surface area (Å²) in [6, 6.07) is -1.38. The lowest BCUT2D eigenvalue weighted by Crippen LogP contribution is -2.60. The molecule has 76 valence electrons. The van der Waals surface area contributed by atoms with Gasteiger partial charge in [0.15, 0.2) is 12.1 Å². The summed E-state index contributed by atoms with van der Waals surface area (Å²) in [5.41, 5.74) is 1.51. The van der Waals surface area contributed by atoms with E-state index >= 15 is 0 Å². The smallest absolute Gasteiger partial charge is 0.328 e. The van der Waals surface area contributed by atoms with Gasteiger partial charge in [-0.3, -0.25) is 4.79 Å². The fourth-order valence-corrected chi connectivity index (χ4v) is 1.12. The number of hydrogen-bond acceptors (Lipinski definition) is 7. The van der Waals surface area contributed by atoms with Gasteiger partial charge in [-0.25, -0.2) is 0 Å². The van der Waals surface area contributed by atoms with Crippen molar-refractivity contribution in [1.82, 2.24) is 5.48 Å². The second-order valence-electron chi connectivity index (χ2n) is 2.75. The van der Waals surface area contributed by atoms with E-state index in [4.69, 9.17) is 10.3 Å². The molecule has 4 unspecified atom stereocenters. The van der Waals surface area contributed by atoms with Crippen molar-refractivity contribution in [2.45, 2.75) is 24.4 Å². The van der Waals surface area contributed by atoms with Crippen molar-refractivity contribution < 1.29 is 30.1 Å². The van der Waals surface area contributed by atoms with Crippen molar-refractivity contribution in [3.8, 4) is 0 Å². The van der Waals surface area contributed by atoms with Crippen LogP contribution >= 0.6 is 0 Å². The number of ether oxygens (including phenoxy) is 1. The van der Waals surface area contributed by atoms with E-state index < -0.39 is 36.9 Å². The maximum absolute atomic E-state index is 10.9. The lowest BCUT2D eigenvalue weighted by Gasteiger charge is -2.34. The van der Waals surface area contributed by atoms with Gasteiger partial charge in [-0.1, -0.05) is 0 Å². The Bertz CT molecular complexity index is 198. The van der Waals surface area contributed by atoms with Gasteiger partial charge in [0, 0.05) is 0 Å². The summed E-state index contributed by atoms with van der Waals surface area (Å²) >= 11 is 0. The number of hydrogen-bond donors (Lipinski definition) is 5. The minimum absolute atomic E-state index is 0.581. The van der Waals surface area contributed by atoms with Crippen LogP contribution < -0.4 is 5.48 Å². The highest BCUT2D eigenvalue weighted by Gasteiger charge is 2.44. The van der Waals surface area contributed by atoms with Crippen LogP contribution in [-0.4, -0.2) is 57.5 Å². The molecule has 0 aromatic carbocycles. The molecule has 0 aromatic rings. The van der Waals surface area contributed by atoms with Gasteiger partial charge in [0.05, 0.1) is 6.61 Å². The van der Waals surface area contributed by atoms with Gasteiger partial charge in [-0.2, -0.15) is 5.48 Å². The predicted octanol–water partition coefficient (Wildman–Crippen LogP) is -3.03. The Morgan fingerprint density at radius 3 is 2.46 bits per heavy atom. The van der Waals surface area contributed by atoms with E-state index in [0.717, 1.165) is 0 Å². The molecule has 1 fully saturated rings. The van der Waals surface area contributed by atoms with Crippen LogP contribution in [0.4, 0.5) is 0 Å². The highest BCUT2D eigenvalue weighted by molar-refractivity contribution is 5.77.